The number of ether oxygens (including phenoxy) is 1. The Kier molecular flexibility index (Phi) is 9.17. The number of nitrogens with one attached hydrogen (secondary N) is 2. The molecule has 0 fully saturated rings. The third-order valence-corrected chi connectivity index (χ3v) is 5.07. The molecule has 0 amide bonds. The Morgan fingerprint density at radius 2 is 2.03 bits per heavy atom. The maximum atomic E-state index is 6.13. The van der Waals surface area contributed by atoms with Gasteiger partial charge in [-0.25, -0.2) is 4.99 Å². The summed E-state index contributed by atoms with van der Waals surface area (Å²) >= 11 is 0. The Morgan fingerprint density at radius 3 is 2.63 bits per heavy atom. The lowest BCUT2D eigenvalue weighted by Crippen LogP contribution is -2.41. The van der Waals surface area contributed by atoms with Crippen LogP contribution in [0.15, 0.2) is 35.6 Å². The molecular weight excluding hydrogens is 376 g/mol. The van der Waals surface area contributed by atoms with Gasteiger partial charge >= 0.3 is 0 Å². The van der Waals surface area contributed by atoms with Crippen LogP contribution in [0.5, 0.6) is 5.75 Å². The molecule has 0 aliphatic heterocycles. The van der Waals surface area contributed by atoms with Crippen LogP contribution in [0.3, 0.4) is 0 Å². The van der Waals surface area contributed by atoms with Gasteiger partial charge in [0.1, 0.15) is 5.75 Å². The van der Waals surface area contributed by atoms with E-state index in [-0.39, 0.29) is 12.1 Å². The second-order valence-electron chi connectivity index (χ2n) is 7.95. The standard InChI is InChI=1S/C23H38N6O/c1-8-18(4)30-22-12-17(3)10-11-19(22)13-25-23(24-9-2)26-15-21(28(5)6)20-14-27-29(7)16-20/h10-12,14,16,18,21H,8-9,13,15H2,1-7H3,(H2,24,25,26). The summed E-state index contributed by atoms with van der Waals surface area (Å²) in [5, 5.41) is 11.1. The maximum absolute atomic E-state index is 6.13. The van der Waals surface area contributed by atoms with Gasteiger partial charge < -0.3 is 20.3 Å². The van der Waals surface area contributed by atoms with Crippen molar-refractivity contribution < 1.29 is 4.74 Å². The molecule has 2 N–H and O–H groups in total. The van der Waals surface area contributed by atoms with Crippen molar-refractivity contribution >= 4 is 5.96 Å². The number of guanidine groups is 1. The lowest BCUT2D eigenvalue weighted by Gasteiger charge is -2.24. The number of aryl methyl sites for hydroxylation is 2. The summed E-state index contributed by atoms with van der Waals surface area (Å²) in [5.74, 6) is 1.72. The van der Waals surface area contributed by atoms with Crippen LogP contribution < -0.4 is 15.4 Å². The summed E-state index contributed by atoms with van der Waals surface area (Å²) in [6, 6.07) is 6.52. The summed E-state index contributed by atoms with van der Waals surface area (Å²) in [5.41, 5.74) is 3.46. The lowest BCUT2D eigenvalue weighted by atomic mass is 10.1. The Labute approximate surface area is 181 Å². The molecule has 0 aliphatic carbocycles. The van der Waals surface area contributed by atoms with Crippen LogP contribution >= 0.6 is 0 Å². The lowest BCUT2D eigenvalue weighted by molar-refractivity contribution is 0.215. The van der Waals surface area contributed by atoms with Crippen LogP contribution in [-0.4, -0.2) is 53.9 Å². The zero-order valence-electron chi connectivity index (χ0n) is 19.6. The first-order valence-electron chi connectivity index (χ1n) is 10.8. The fourth-order valence-electron chi connectivity index (χ4n) is 3.11. The molecule has 0 saturated heterocycles. The van der Waals surface area contributed by atoms with E-state index in [9.17, 15) is 0 Å². The zero-order valence-corrected chi connectivity index (χ0v) is 19.6. The highest BCUT2D eigenvalue weighted by Gasteiger charge is 2.16. The number of hydrogen-bond donors (Lipinski definition) is 2. The van der Waals surface area contributed by atoms with Crippen molar-refractivity contribution in [1.82, 2.24) is 25.3 Å². The van der Waals surface area contributed by atoms with E-state index in [4.69, 9.17) is 9.73 Å². The molecule has 30 heavy (non-hydrogen) atoms. The third kappa shape index (κ3) is 7.06. The molecule has 2 unspecified atom stereocenters. The normalized spacial score (nSPS) is 13.9. The van der Waals surface area contributed by atoms with Gasteiger partial charge in [-0.15, -0.1) is 0 Å². The summed E-state index contributed by atoms with van der Waals surface area (Å²) in [7, 11) is 6.10. The van der Waals surface area contributed by atoms with E-state index < -0.39 is 0 Å². The van der Waals surface area contributed by atoms with Gasteiger partial charge in [-0.1, -0.05) is 19.1 Å². The Morgan fingerprint density at radius 1 is 1.27 bits per heavy atom. The number of aromatic nitrogens is 2. The van der Waals surface area contributed by atoms with E-state index in [1.165, 1.54) is 11.1 Å². The first kappa shape index (κ1) is 23.7. The Bertz CT molecular complexity index is 814. The van der Waals surface area contributed by atoms with Crippen LogP contribution in [0.25, 0.3) is 0 Å². The van der Waals surface area contributed by atoms with Crippen molar-refractivity contribution in [1.29, 1.82) is 0 Å². The van der Waals surface area contributed by atoms with E-state index in [1.807, 2.05) is 17.9 Å². The number of benzene rings is 1. The average molecular weight is 415 g/mol. The number of rotatable bonds is 10. The van der Waals surface area contributed by atoms with E-state index in [1.54, 1.807) is 0 Å². The topological polar surface area (TPSA) is 66.7 Å². The highest BCUT2D eigenvalue weighted by Crippen LogP contribution is 2.23. The summed E-state index contributed by atoms with van der Waals surface area (Å²) < 4.78 is 7.97. The molecule has 2 aromatic rings. The molecule has 0 radical (unpaired) electrons. The molecule has 1 aromatic carbocycles. The molecule has 7 nitrogen and oxygen atoms in total. The minimum Gasteiger partial charge on any atom is -0.490 e. The fourth-order valence-corrected chi connectivity index (χ4v) is 3.11. The van der Waals surface area contributed by atoms with Crippen molar-refractivity contribution in [2.75, 3.05) is 27.2 Å². The van der Waals surface area contributed by atoms with Crippen molar-refractivity contribution in [2.45, 2.75) is 52.8 Å². The monoisotopic (exact) mass is 414 g/mol. The molecule has 2 rings (SSSR count). The van der Waals surface area contributed by atoms with Gasteiger partial charge in [0.15, 0.2) is 5.96 Å². The van der Waals surface area contributed by atoms with E-state index in [0.29, 0.717) is 6.54 Å². The highest BCUT2D eigenvalue weighted by atomic mass is 16.5. The van der Waals surface area contributed by atoms with Gasteiger partial charge in [0.05, 0.1) is 24.9 Å². The van der Waals surface area contributed by atoms with Gasteiger partial charge in [-0.2, -0.15) is 5.10 Å². The smallest absolute Gasteiger partial charge is 0.191 e. The first-order valence-corrected chi connectivity index (χ1v) is 10.8. The van der Waals surface area contributed by atoms with Crippen LogP contribution in [-0.2, 0) is 13.6 Å². The number of hydrogen-bond acceptors (Lipinski definition) is 4. The minimum absolute atomic E-state index is 0.182. The number of nitrogens with zero attached hydrogens (tertiary/aromatic N) is 4. The quantitative estimate of drug-likeness (QED) is 0.461. The molecule has 166 valence electrons. The molecule has 0 aliphatic rings. The van der Waals surface area contributed by atoms with Crippen LogP contribution in [0.2, 0.25) is 0 Å². The van der Waals surface area contributed by atoms with Crippen LogP contribution in [0, 0.1) is 6.92 Å². The van der Waals surface area contributed by atoms with Gasteiger partial charge in [-0.05, 0) is 52.9 Å². The predicted molar refractivity (Wildman–Crippen MR) is 124 cm³/mol. The van der Waals surface area contributed by atoms with Crippen molar-refractivity contribution in [3.63, 3.8) is 0 Å². The Hall–Kier alpha value is -2.54. The summed E-state index contributed by atoms with van der Waals surface area (Å²) in [4.78, 5) is 7.00. The van der Waals surface area contributed by atoms with E-state index >= 15 is 0 Å². The SMILES string of the molecule is CCNC(=NCc1ccc(C)cc1OC(C)CC)NCC(c1cnn(C)c1)N(C)C. The molecule has 0 saturated carbocycles. The molecule has 0 bridgehead atoms. The maximum Gasteiger partial charge on any atom is 0.191 e. The van der Waals surface area contributed by atoms with Gasteiger partial charge in [0.25, 0.3) is 0 Å². The third-order valence-electron chi connectivity index (χ3n) is 5.07. The molecular formula is C23H38N6O. The minimum atomic E-state index is 0.182. The predicted octanol–water partition coefficient (Wildman–Crippen LogP) is 3.26. The number of aliphatic imine (C=N–C) groups is 1. The second kappa shape index (κ2) is 11.6. The van der Waals surface area contributed by atoms with Crippen molar-refractivity contribution in [2.24, 2.45) is 12.0 Å². The van der Waals surface area contributed by atoms with Gasteiger partial charge in [-0.3, -0.25) is 4.68 Å². The van der Waals surface area contributed by atoms with Crippen LogP contribution in [0.4, 0.5) is 0 Å². The molecule has 7 heteroatoms. The molecule has 1 heterocycles. The molecule has 1 aromatic heterocycles. The van der Waals surface area contributed by atoms with E-state index in [0.717, 1.165) is 36.8 Å². The summed E-state index contributed by atoms with van der Waals surface area (Å²) in [6.07, 6.45) is 5.13. The first-order chi connectivity index (χ1) is 14.3. The fraction of sp³-hybridized carbons (Fsp3) is 0.565. The Balaban J connectivity index is 2.12. The van der Waals surface area contributed by atoms with Crippen molar-refractivity contribution in [3.8, 4) is 5.75 Å². The molecule has 0 spiro atoms. The highest BCUT2D eigenvalue weighted by molar-refractivity contribution is 5.79. The average Bonchev–Trinajstić information content (AvgIpc) is 3.12. The van der Waals surface area contributed by atoms with Gasteiger partial charge in [0.2, 0.25) is 0 Å². The second-order valence-corrected chi connectivity index (χ2v) is 7.95. The number of likely N-dealkylation sites (N-methyl/N-ethyl adjacent to an activating group) is 1. The zero-order chi connectivity index (χ0) is 22.1. The van der Waals surface area contributed by atoms with Crippen molar-refractivity contribution in [3.05, 3.63) is 47.3 Å². The largest absolute Gasteiger partial charge is 0.490 e. The van der Waals surface area contributed by atoms with Crippen LogP contribution in [0.1, 0.15) is 49.9 Å². The summed E-state index contributed by atoms with van der Waals surface area (Å²) in [6.45, 7) is 10.5. The van der Waals surface area contributed by atoms with E-state index in [2.05, 4.69) is 86.8 Å². The van der Waals surface area contributed by atoms with Gasteiger partial charge in [0, 0.05) is 37.5 Å². The molecule has 2 atom stereocenters.